The quantitative estimate of drug-likeness (QED) is 0.834. The lowest BCUT2D eigenvalue weighted by Crippen LogP contribution is -2.44. The molecule has 1 aromatic carbocycles. The SMILES string of the molecule is CCCN(C(=O)NCc1ccccc1)C(C)C. The standard InChI is InChI=1S/C14H22N2O/c1-4-10-16(12(2)3)14(17)15-11-13-8-6-5-7-9-13/h5-9,12H,4,10-11H2,1-3H3,(H,15,17). The third kappa shape index (κ3) is 4.47. The lowest BCUT2D eigenvalue weighted by molar-refractivity contribution is 0.183. The third-order valence-corrected chi connectivity index (χ3v) is 2.64. The number of nitrogens with zero attached hydrogens (tertiary/aromatic N) is 1. The highest BCUT2D eigenvalue weighted by atomic mass is 16.2. The van der Waals surface area contributed by atoms with Crippen LogP contribution < -0.4 is 5.32 Å². The molecular weight excluding hydrogens is 212 g/mol. The Morgan fingerprint density at radius 1 is 1.29 bits per heavy atom. The minimum atomic E-state index is 0.0192. The van der Waals surface area contributed by atoms with Crippen molar-refractivity contribution in [3.8, 4) is 0 Å². The van der Waals surface area contributed by atoms with Gasteiger partial charge in [-0.25, -0.2) is 4.79 Å². The maximum atomic E-state index is 12.0. The van der Waals surface area contributed by atoms with Crippen molar-refractivity contribution in [2.45, 2.75) is 39.8 Å². The van der Waals surface area contributed by atoms with Gasteiger partial charge in [-0.05, 0) is 25.8 Å². The Labute approximate surface area is 104 Å². The molecule has 0 fully saturated rings. The maximum Gasteiger partial charge on any atom is 0.317 e. The largest absolute Gasteiger partial charge is 0.334 e. The number of rotatable bonds is 5. The van der Waals surface area contributed by atoms with E-state index in [0.29, 0.717) is 6.54 Å². The van der Waals surface area contributed by atoms with Gasteiger partial charge in [-0.1, -0.05) is 37.3 Å². The molecule has 0 atom stereocenters. The van der Waals surface area contributed by atoms with Crippen molar-refractivity contribution in [2.24, 2.45) is 0 Å². The smallest absolute Gasteiger partial charge is 0.317 e. The van der Waals surface area contributed by atoms with Crippen LogP contribution in [-0.4, -0.2) is 23.5 Å². The highest BCUT2D eigenvalue weighted by Gasteiger charge is 2.14. The Morgan fingerprint density at radius 3 is 2.47 bits per heavy atom. The summed E-state index contributed by atoms with van der Waals surface area (Å²) in [4.78, 5) is 13.8. The van der Waals surface area contributed by atoms with E-state index in [-0.39, 0.29) is 12.1 Å². The van der Waals surface area contributed by atoms with E-state index >= 15 is 0 Å². The first-order valence-corrected chi connectivity index (χ1v) is 6.23. The fourth-order valence-electron chi connectivity index (χ4n) is 1.71. The van der Waals surface area contributed by atoms with Crippen LogP contribution in [0, 0.1) is 0 Å². The van der Waals surface area contributed by atoms with E-state index in [9.17, 15) is 4.79 Å². The van der Waals surface area contributed by atoms with Crippen LogP contribution in [0.25, 0.3) is 0 Å². The van der Waals surface area contributed by atoms with Crippen molar-refractivity contribution in [3.05, 3.63) is 35.9 Å². The van der Waals surface area contributed by atoms with E-state index in [1.807, 2.05) is 49.1 Å². The first kappa shape index (κ1) is 13.6. The molecule has 1 rings (SSSR count). The number of amides is 2. The van der Waals surface area contributed by atoms with E-state index in [0.717, 1.165) is 18.5 Å². The van der Waals surface area contributed by atoms with Crippen LogP contribution in [0.5, 0.6) is 0 Å². The summed E-state index contributed by atoms with van der Waals surface area (Å²) in [6.07, 6.45) is 0.983. The number of hydrogen-bond donors (Lipinski definition) is 1. The van der Waals surface area contributed by atoms with E-state index < -0.39 is 0 Å². The molecule has 0 aliphatic heterocycles. The lowest BCUT2D eigenvalue weighted by atomic mass is 10.2. The second-order valence-corrected chi connectivity index (χ2v) is 4.43. The zero-order chi connectivity index (χ0) is 12.7. The minimum absolute atomic E-state index is 0.0192. The first-order chi connectivity index (χ1) is 8.15. The molecule has 0 aromatic heterocycles. The summed E-state index contributed by atoms with van der Waals surface area (Å²) in [6, 6.07) is 10.2. The van der Waals surface area contributed by atoms with E-state index in [4.69, 9.17) is 0 Å². The maximum absolute atomic E-state index is 12.0. The molecule has 0 bridgehead atoms. The van der Waals surface area contributed by atoms with E-state index in [2.05, 4.69) is 12.2 Å². The zero-order valence-corrected chi connectivity index (χ0v) is 10.9. The average molecular weight is 234 g/mol. The van der Waals surface area contributed by atoms with Gasteiger partial charge in [0.15, 0.2) is 0 Å². The van der Waals surface area contributed by atoms with Gasteiger partial charge in [0, 0.05) is 19.1 Å². The van der Waals surface area contributed by atoms with Gasteiger partial charge in [0.2, 0.25) is 0 Å². The molecule has 3 heteroatoms. The number of hydrogen-bond acceptors (Lipinski definition) is 1. The summed E-state index contributed by atoms with van der Waals surface area (Å²) < 4.78 is 0. The molecule has 0 spiro atoms. The van der Waals surface area contributed by atoms with Crippen LogP contribution in [-0.2, 0) is 6.54 Å². The molecule has 0 aliphatic carbocycles. The van der Waals surface area contributed by atoms with Crippen molar-refractivity contribution in [1.29, 1.82) is 0 Å². The fourth-order valence-corrected chi connectivity index (χ4v) is 1.71. The van der Waals surface area contributed by atoms with Gasteiger partial charge in [-0.15, -0.1) is 0 Å². The predicted octanol–water partition coefficient (Wildman–Crippen LogP) is 3.02. The molecular formula is C14H22N2O. The molecule has 2 amide bonds. The average Bonchev–Trinajstić information content (AvgIpc) is 2.34. The first-order valence-electron chi connectivity index (χ1n) is 6.23. The molecule has 1 N–H and O–H groups in total. The Balaban J connectivity index is 2.47. The summed E-state index contributed by atoms with van der Waals surface area (Å²) in [5, 5.41) is 2.95. The molecule has 94 valence electrons. The Morgan fingerprint density at radius 2 is 1.94 bits per heavy atom. The molecule has 0 saturated carbocycles. The number of benzene rings is 1. The van der Waals surface area contributed by atoms with Crippen LogP contribution >= 0.6 is 0 Å². The van der Waals surface area contributed by atoms with Crippen LogP contribution in [0.3, 0.4) is 0 Å². The Bertz CT molecular complexity index is 335. The molecule has 17 heavy (non-hydrogen) atoms. The minimum Gasteiger partial charge on any atom is -0.334 e. The molecule has 1 aromatic rings. The summed E-state index contributed by atoms with van der Waals surface area (Å²) in [7, 11) is 0. The molecule has 3 nitrogen and oxygen atoms in total. The van der Waals surface area contributed by atoms with Gasteiger partial charge in [-0.3, -0.25) is 0 Å². The monoisotopic (exact) mass is 234 g/mol. The molecule has 0 unspecified atom stereocenters. The number of carbonyl (C=O) groups is 1. The van der Waals surface area contributed by atoms with Crippen molar-refractivity contribution in [3.63, 3.8) is 0 Å². The van der Waals surface area contributed by atoms with Crippen molar-refractivity contribution in [1.82, 2.24) is 10.2 Å². The Kier molecular flexibility index (Phi) is 5.53. The lowest BCUT2D eigenvalue weighted by Gasteiger charge is -2.26. The molecule has 0 radical (unpaired) electrons. The third-order valence-electron chi connectivity index (χ3n) is 2.64. The van der Waals surface area contributed by atoms with Crippen LogP contribution in [0.15, 0.2) is 30.3 Å². The van der Waals surface area contributed by atoms with Gasteiger partial charge in [0.05, 0.1) is 0 Å². The number of nitrogens with one attached hydrogen (secondary N) is 1. The molecule has 0 aliphatic rings. The second kappa shape index (κ2) is 6.94. The summed E-state index contributed by atoms with van der Waals surface area (Å²) >= 11 is 0. The highest BCUT2D eigenvalue weighted by molar-refractivity contribution is 5.74. The van der Waals surface area contributed by atoms with Gasteiger partial charge in [-0.2, -0.15) is 0 Å². The van der Waals surface area contributed by atoms with Crippen LogP contribution in [0.4, 0.5) is 4.79 Å². The van der Waals surface area contributed by atoms with Crippen LogP contribution in [0.1, 0.15) is 32.8 Å². The van der Waals surface area contributed by atoms with Gasteiger partial charge < -0.3 is 10.2 Å². The number of urea groups is 1. The molecule has 0 heterocycles. The van der Waals surface area contributed by atoms with Crippen molar-refractivity contribution >= 4 is 6.03 Å². The van der Waals surface area contributed by atoms with E-state index in [1.165, 1.54) is 0 Å². The fraction of sp³-hybridized carbons (Fsp3) is 0.500. The summed E-state index contributed by atoms with van der Waals surface area (Å²) in [6.45, 7) is 7.56. The Hall–Kier alpha value is -1.51. The topological polar surface area (TPSA) is 32.3 Å². The summed E-state index contributed by atoms with van der Waals surface area (Å²) in [5.41, 5.74) is 1.13. The van der Waals surface area contributed by atoms with Crippen molar-refractivity contribution in [2.75, 3.05) is 6.54 Å². The van der Waals surface area contributed by atoms with Crippen molar-refractivity contribution < 1.29 is 4.79 Å². The predicted molar refractivity (Wildman–Crippen MR) is 70.8 cm³/mol. The molecule has 0 saturated heterocycles. The van der Waals surface area contributed by atoms with E-state index in [1.54, 1.807) is 0 Å². The summed E-state index contributed by atoms with van der Waals surface area (Å²) in [5.74, 6) is 0. The zero-order valence-electron chi connectivity index (χ0n) is 10.9. The van der Waals surface area contributed by atoms with Gasteiger partial charge in [0.1, 0.15) is 0 Å². The number of carbonyl (C=O) groups excluding carboxylic acids is 1. The van der Waals surface area contributed by atoms with Gasteiger partial charge in [0.25, 0.3) is 0 Å². The highest BCUT2D eigenvalue weighted by Crippen LogP contribution is 2.02. The van der Waals surface area contributed by atoms with Crippen LogP contribution in [0.2, 0.25) is 0 Å². The second-order valence-electron chi connectivity index (χ2n) is 4.43. The van der Waals surface area contributed by atoms with Gasteiger partial charge >= 0.3 is 6.03 Å². The normalized spacial score (nSPS) is 10.4.